The van der Waals surface area contributed by atoms with Crippen LogP contribution in [0.5, 0.6) is 0 Å². The summed E-state index contributed by atoms with van der Waals surface area (Å²) in [6.07, 6.45) is 3.48. The van der Waals surface area contributed by atoms with Crippen molar-refractivity contribution in [1.82, 2.24) is 19.4 Å². The van der Waals surface area contributed by atoms with Crippen LogP contribution in [0.4, 0.5) is 0 Å². The van der Waals surface area contributed by atoms with E-state index in [0.717, 1.165) is 5.69 Å². The maximum absolute atomic E-state index is 11.7. The molecule has 1 aliphatic rings. The van der Waals surface area contributed by atoms with Crippen LogP contribution in [0.15, 0.2) is 12.5 Å². The Kier molecular flexibility index (Phi) is 6.71. The van der Waals surface area contributed by atoms with Crippen molar-refractivity contribution in [3.8, 4) is 0 Å². The van der Waals surface area contributed by atoms with E-state index in [-0.39, 0.29) is 6.54 Å². The van der Waals surface area contributed by atoms with Crippen molar-refractivity contribution in [3.63, 3.8) is 0 Å². The number of amides is 1. The van der Waals surface area contributed by atoms with Gasteiger partial charge in [-0.25, -0.2) is 4.98 Å². The molecule has 1 amide bonds. The number of carbonyl (C=O) groups excluding carboxylic acids is 1. The molecule has 1 fully saturated rings. The first kappa shape index (κ1) is 18.4. The molecule has 0 aromatic carbocycles. The summed E-state index contributed by atoms with van der Waals surface area (Å²) in [7, 11) is 1.63. The maximum Gasteiger partial charge on any atom is 0.309 e. The van der Waals surface area contributed by atoms with E-state index >= 15 is 0 Å². The van der Waals surface area contributed by atoms with E-state index in [2.05, 4.69) is 4.98 Å². The highest BCUT2D eigenvalue weighted by Crippen LogP contribution is 2.14. The summed E-state index contributed by atoms with van der Waals surface area (Å²) in [6.45, 7) is 2.61. The van der Waals surface area contributed by atoms with Gasteiger partial charge in [0.25, 0.3) is 0 Å². The number of hydrogen-bond donors (Lipinski definition) is 2. The van der Waals surface area contributed by atoms with Gasteiger partial charge in [0, 0.05) is 52.6 Å². The number of ether oxygens (including phenoxy) is 1. The fourth-order valence-electron chi connectivity index (χ4n) is 2.81. The molecule has 0 bridgehead atoms. The van der Waals surface area contributed by atoms with E-state index in [4.69, 9.17) is 9.84 Å². The lowest BCUT2D eigenvalue weighted by atomic mass is 10.1. The zero-order valence-electron chi connectivity index (χ0n) is 13.8. The summed E-state index contributed by atoms with van der Waals surface area (Å²) in [6, 6.07) is 0. The summed E-state index contributed by atoms with van der Waals surface area (Å²) in [4.78, 5) is 30.7. The summed E-state index contributed by atoms with van der Waals surface area (Å²) < 4.78 is 7.05. The van der Waals surface area contributed by atoms with Crippen molar-refractivity contribution in [2.75, 3.05) is 46.5 Å². The molecular formula is C15H24N4O5. The predicted molar refractivity (Wildman–Crippen MR) is 84.2 cm³/mol. The van der Waals surface area contributed by atoms with Crippen LogP contribution in [-0.4, -0.2) is 87.9 Å². The minimum absolute atomic E-state index is 0.119. The quantitative estimate of drug-likeness (QED) is 0.646. The number of rotatable bonds is 7. The highest BCUT2D eigenvalue weighted by molar-refractivity contribution is 5.78. The molecule has 2 heterocycles. The van der Waals surface area contributed by atoms with E-state index in [1.807, 2.05) is 9.47 Å². The minimum atomic E-state index is -0.939. The average Bonchev–Trinajstić information content (AvgIpc) is 2.89. The van der Waals surface area contributed by atoms with Gasteiger partial charge in [0.15, 0.2) is 0 Å². The molecule has 1 aromatic rings. The molecule has 134 valence electrons. The van der Waals surface area contributed by atoms with E-state index in [9.17, 15) is 14.7 Å². The lowest BCUT2D eigenvalue weighted by molar-refractivity contribution is -0.144. The highest BCUT2D eigenvalue weighted by atomic mass is 16.5. The van der Waals surface area contributed by atoms with Gasteiger partial charge < -0.3 is 24.4 Å². The van der Waals surface area contributed by atoms with Gasteiger partial charge in [-0.05, 0) is 0 Å². The number of hydrogen-bond acceptors (Lipinski definition) is 6. The van der Waals surface area contributed by atoms with Crippen LogP contribution >= 0.6 is 0 Å². The minimum Gasteiger partial charge on any atom is -0.481 e. The number of carbonyl (C=O) groups is 2. The number of aliphatic carboxylic acids is 1. The Morgan fingerprint density at radius 1 is 1.38 bits per heavy atom. The molecule has 24 heavy (non-hydrogen) atoms. The number of carboxylic acid groups (broad SMARTS) is 1. The molecule has 2 rings (SSSR count). The Labute approximate surface area is 140 Å². The number of aliphatic hydroxyl groups is 1. The molecule has 0 saturated carbocycles. The molecule has 1 aromatic heterocycles. The smallest absolute Gasteiger partial charge is 0.309 e. The van der Waals surface area contributed by atoms with Gasteiger partial charge in [-0.2, -0.15) is 0 Å². The van der Waals surface area contributed by atoms with Gasteiger partial charge >= 0.3 is 5.97 Å². The molecule has 1 aliphatic heterocycles. The highest BCUT2D eigenvalue weighted by Gasteiger charge is 2.30. The predicted octanol–water partition coefficient (Wildman–Crippen LogP) is -1.13. The molecular weight excluding hydrogens is 316 g/mol. The van der Waals surface area contributed by atoms with Crippen LogP contribution < -0.4 is 0 Å². The summed E-state index contributed by atoms with van der Waals surface area (Å²) in [5.74, 6) is -2.06. The van der Waals surface area contributed by atoms with Crippen molar-refractivity contribution in [2.24, 2.45) is 5.92 Å². The third-order valence-corrected chi connectivity index (χ3v) is 4.16. The van der Waals surface area contributed by atoms with Gasteiger partial charge in [-0.1, -0.05) is 0 Å². The third-order valence-electron chi connectivity index (χ3n) is 4.16. The molecule has 0 radical (unpaired) electrons. The van der Waals surface area contributed by atoms with Gasteiger partial charge in [-0.15, -0.1) is 0 Å². The Morgan fingerprint density at radius 3 is 2.83 bits per heavy atom. The Balaban J connectivity index is 2.06. The van der Waals surface area contributed by atoms with E-state index in [0.29, 0.717) is 39.3 Å². The Bertz CT molecular complexity index is 562. The van der Waals surface area contributed by atoms with Gasteiger partial charge in [0.05, 0.1) is 24.5 Å². The van der Waals surface area contributed by atoms with Crippen LogP contribution in [0.1, 0.15) is 5.69 Å². The molecule has 2 N–H and O–H groups in total. The number of aromatic nitrogens is 2. The van der Waals surface area contributed by atoms with Gasteiger partial charge in [0.2, 0.25) is 5.91 Å². The first-order valence-corrected chi connectivity index (χ1v) is 7.87. The van der Waals surface area contributed by atoms with Crippen molar-refractivity contribution >= 4 is 11.9 Å². The normalized spacial score (nSPS) is 19.2. The third kappa shape index (κ3) is 4.76. The average molecular weight is 340 g/mol. The molecule has 0 aliphatic carbocycles. The second-order valence-corrected chi connectivity index (χ2v) is 5.84. The van der Waals surface area contributed by atoms with Crippen molar-refractivity contribution in [1.29, 1.82) is 0 Å². The van der Waals surface area contributed by atoms with Gasteiger partial charge in [0.1, 0.15) is 6.61 Å². The zero-order valence-corrected chi connectivity index (χ0v) is 13.8. The number of carboxylic acids is 1. The molecule has 9 heteroatoms. The van der Waals surface area contributed by atoms with Crippen LogP contribution in [0.2, 0.25) is 0 Å². The fourth-order valence-corrected chi connectivity index (χ4v) is 2.81. The van der Waals surface area contributed by atoms with Crippen LogP contribution in [-0.2, 0) is 27.4 Å². The number of nitrogens with zero attached hydrogens (tertiary/aromatic N) is 4. The van der Waals surface area contributed by atoms with Crippen LogP contribution in [0, 0.1) is 5.92 Å². The van der Waals surface area contributed by atoms with Crippen LogP contribution in [0.25, 0.3) is 0 Å². The molecule has 9 nitrogen and oxygen atoms in total. The summed E-state index contributed by atoms with van der Waals surface area (Å²) in [5.41, 5.74) is 0.970. The first-order valence-electron chi connectivity index (χ1n) is 7.87. The van der Waals surface area contributed by atoms with Gasteiger partial charge in [-0.3, -0.25) is 14.5 Å². The molecule has 0 spiro atoms. The summed E-state index contributed by atoms with van der Waals surface area (Å²) in [5, 5.41) is 18.4. The fraction of sp³-hybridized carbons (Fsp3) is 0.667. The van der Waals surface area contributed by atoms with Crippen molar-refractivity contribution < 1.29 is 24.5 Å². The van der Waals surface area contributed by atoms with Crippen molar-refractivity contribution in [3.05, 3.63) is 18.2 Å². The van der Waals surface area contributed by atoms with Crippen molar-refractivity contribution in [2.45, 2.75) is 13.1 Å². The van der Waals surface area contributed by atoms with Crippen LogP contribution in [0.3, 0.4) is 0 Å². The second kappa shape index (κ2) is 8.76. The Hall–Kier alpha value is -1.97. The molecule has 1 atom stereocenters. The number of imidazole rings is 1. The molecule has 1 saturated heterocycles. The second-order valence-electron chi connectivity index (χ2n) is 5.84. The SMILES string of the molecule is COCCn1cncc1CN1CCN(C(=O)CO)CC(C(=O)O)C1. The first-order chi connectivity index (χ1) is 11.5. The topological polar surface area (TPSA) is 108 Å². The zero-order chi connectivity index (χ0) is 17.5. The Morgan fingerprint density at radius 2 is 2.17 bits per heavy atom. The lowest BCUT2D eigenvalue weighted by Gasteiger charge is -2.22. The van der Waals surface area contributed by atoms with E-state index in [1.165, 1.54) is 4.90 Å². The molecule has 1 unspecified atom stereocenters. The monoisotopic (exact) mass is 340 g/mol. The summed E-state index contributed by atoms with van der Waals surface area (Å²) >= 11 is 0. The van der Waals surface area contributed by atoms with E-state index < -0.39 is 24.4 Å². The van der Waals surface area contributed by atoms with E-state index in [1.54, 1.807) is 19.6 Å². The standard InChI is InChI=1S/C15H24N4O5/c1-24-5-4-19-11-16-6-13(19)9-17-2-3-18(14(21)10-20)8-12(7-17)15(22)23/h6,11-12,20H,2-5,7-10H2,1H3,(H,22,23). The maximum atomic E-state index is 11.7. The lowest BCUT2D eigenvalue weighted by Crippen LogP contribution is -2.39. The largest absolute Gasteiger partial charge is 0.481 e. The number of methoxy groups -OCH3 is 1. The number of aliphatic hydroxyl groups excluding tert-OH is 1.